The Kier molecular flexibility index (Phi) is 5.14. The average molecular weight is 338 g/mol. The molecule has 2 aromatic carbocycles. The number of carbonyl (C=O) groups is 2. The molecule has 1 fully saturated rings. The predicted molar refractivity (Wildman–Crippen MR) is 95.0 cm³/mol. The van der Waals surface area contributed by atoms with Gasteiger partial charge in [-0.05, 0) is 30.2 Å². The third-order valence-corrected chi connectivity index (χ3v) is 4.42. The number of carbonyl (C=O) groups excluding carboxylic acids is 2. The number of hydrogen-bond donors (Lipinski definition) is 1. The van der Waals surface area contributed by atoms with Gasteiger partial charge in [-0.2, -0.15) is 0 Å². The van der Waals surface area contributed by atoms with Crippen molar-refractivity contribution in [3.63, 3.8) is 0 Å². The molecule has 0 bridgehead atoms. The van der Waals surface area contributed by atoms with Gasteiger partial charge in [0.15, 0.2) is 0 Å². The second-order valence-electron chi connectivity index (χ2n) is 6.29. The molecule has 0 radical (unpaired) electrons. The smallest absolute Gasteiger partial charge is 0.247 e. The summed E-state index contributed by atoms with van der Waals surface area (Å²) >= 11 is 0. The van der Waals surface area contributed by atoms with Crippen molar-refractivity contribution < 1.29 is 14.3 Å². The van der Waals surface area contributed by atoms with Gasteiger partial charge in [0.2, 0.25) is 11.8 Å². The van der Waals surface area contributed by atoms with Crippen LogP contribution in [-0.4, -0.2) is 29.9 Å². The SMILES string of the molecule is COc1ccc(CN2C(=O)CC(NCc3ccc(C)cc3)C2=O)cc1. The molecule has 5 heteroatoms. The van der Waals surface area contributed by atoms with Crippen molar-refractivity contribution >= 4 is 11.8 Å². The number of hydrogen-bond acceptors (Lipinski definition) is 4. The standard InChI is InChI=1S/C20H22N2O3/c1-14-3-5-15(6-4-14)12-21-18-11-19(23)22(20(18)24)13-16-7-9-17(25-2)10-8-16/h3-10,18,21H,11-13H2,1-2H3. The second-order valence-corrected chi connectivity index (χ2v) is 6.29. The molecule has 2 aromatic rings. The van der Waals surface area contributed by atoms with Crippen LogP contribution in [0.15, 0.2) is 48.5 Å². The minimum absolute atomic E-state index is 0.137. The highest BCUT2D eigenvalue weighted by Gasteiger charge is 2.38. The van der Waals surface area contributed by atoms with Crippen molar-refractivity contribution in [2.75, 3.05) is 7.11 Å². The van der Waals surface area contributed by atoms with Crippen LogP contribution in [0.5, 0.6) is 5.75 Å². The molecule has 0 aromatic heterocycles. The van der Waals surface area contributed by atoms with Gasteiger partial charge in [-0.25, -0.2) is 0 Å². The van der Waals surface area contributed by atoms with E-state index in [1.54, 1.807) is 7.11 Å². The van der Waals surface area contributed by atoms with Gasteiger partial charge in [0.05, 0.1) is 26.1 Å². The molecule has 1 atom stereocenters. The Bertz CT molecular complexity index is 754. The highest BCUT2D eigenvalue weighted by molar-refractivity contribution is 6.05. The average Bonchev–Trinajstić information content (AvgIpc) is 2.89. The maximum Gasteiger partial charge on any atom is 0.247 e. The summed E-state index contributed by atoms with van der Waals surface area (Å²) in [5.41, 5.74) is 3.20. The zero-order chi connectivity index (χ0) is 17.8. The number of nitrogens with zero attached hydrogens (tertiary/aromatic N) is 1. The first kappa shape index (κ1) is 17.2. The number of likely N-dealkylation sites (tertiary alicyclic amines) is 1. The molecule has 2 amide bonds. The molecule has 1 aliphatic heterocycles. The molecule has 0 aliphatic carbocycles. The van der Waals surface area contributed by atoms with Crippen LogP contribution in [-0.2, 0) is 22.7 Å². The monoisotopic (exact) mass is 338 g/mol. The maximum absolute atomic E-state index is 12.5. The zero-order valence-corrected chi connectivity index (χ0v) is 14.5. The summed E-state index contributed by atoms with van der Waals surface area (Å²) < 4.78 is 5.12. The minimum Gasteiger partial charge on any atom is -0.497 e. The first-order chi connectivity index (χ1) is 12.1. The normalized spacial score (nSPS) is 17.2. The largest absolute Gasteiger partial charge is 0.497 e. The van der Waals surface area contributed by atoms with E-state index in [4.69, 9.17) is 4.74 Å². The Morgan fingerprint density at radius 2 is 1.68 bits per heavy atom. The third-order valence-electron chi connectivity index (χ3n) is 4.42. The molecule has 1 aliphatic rings. The molecule has 1 N–H and O–H groups in total. The summed E-state index contributed by atoms with van der Waals surface area (Å²) in [5, 5.41) is 3.20. The molecule has 0 spiro atoms. The molecule has 5 nitrogen and oxygen atoms in total. The third kappa shape index (κ3) is 4.06. The molecule has 25 heavy (non-hydrogen) atoms. The fraction of sp³-hybridized carbons (Fsp3) is 0.300. The van der Waals surface area contributed by atoms with Crippen molar-refractivity contribution in [3.8, 4) is 5.75 Å². The topological polar surface area (TPSA) is 58.6 Å². The minimum atomic E-state index is -0.452. The summed E-state index contributed by atoms with van der Waals surface area (Å²) in [4.78, 5) is 26.1. The van der Waals surface area contributed by atoms with Gasteiger partial charge < -0.3 is 10.1 Å². The van der Waals surface area contributed by atoms with Crippen LogP contribution in [0.4, 0.5) is 0 Å². The van der Waals surface area contributed by atoms with Crippen molar-refractivity contribution in [2.45, 2.75) is 32.5 Å². The van der Waals surface area contributed by atoms with E-state index in [9.17, 15) is 9.59 Å². The van der Waals surface area contributed by atoms with Crippen LogP contribution in [0, 0.1) is 6.92 Å². The van der Waals surface area contributed by atoms with Gasteiger partial charge in [-0.15, -0.1) is 0 Å². The summed E-state index contributed by atoms with van der Waals surface area (Å²) in [6.07, 6.45) is 0.209. The molecule has 1 saturated heterocycles. The van der Waals surface area contributed by atoms with E-state index in [1.807, 2.05) is 55.5 Å². The van der Waals surface area contributed by atoms with Crippen LogP contribution in [0.3, 0.4) is 0 Å². The lowest BCUT2D eigenvalue weighted by Crippen LogP contribution is -2.38. The molecule has 1 heterocycles. The summed E-state index contributed by atoms with van der Waals surface area (Å²) in [5.74, 6) is 0.454. The lowest BCUT2D eigenvalue weighted by Gasteiger charge is -2.16. The number of methoxy groups -OCH3 is 1. The Morgan fingerprint density at radius 1 is 1.04 bits per heavy atom. The number of imide groups is 1. The predicted octanol–water partition coefficient (Wildman–Crippen LogP) is 2.42. The van der Waals surface area contributed by atoms with E-state index in [2.05, 4.69) is 5.32 Å². The van der Waals surface area contributed by atoms with Gasteiger partial charge in [-0.1, -0.05) is 42.0 Å². The highest BCUT2D eigenvalue weighted by atomic mass is 16.5. The Hall–Kier alpha value is -2.66. The number of rotatable bonds is 6. The number of aryl methyl sites for hydroxylation is 1. The van der Waals surface area contributed by atoms with Gasteiger partial charge in [-0.3, -0.25) is 14.5 Å². The lowest BCUT2D eigenvalue weighted by molar-refractivity contribution is -0.139. The van der Waals surface area contributed by atoms with Gasteiger partial charge in [0.1, 0.15) is 5.75 Å². The molecular weight excluding hydrogens is 316 g/mol. The van der Waals surface area contributed by atoms with E-state index in [-0.39, 0.29) is 18.2 Å². The van der Waals surface area contributed by atoms with E-state index in [0.717, 1.165) is 16.9 Å². The van der Waals surface area contributed by atoms with Crippen LogP contribution >= 0.6 is 0 Å². The van der Waals surface area contributed by atoms with E-state index in [1.165, 1.54) is 10.5 Å². The number of benzene rings is 2. The highest BCUT2D eigenvalue weighted by Crippen LogP contribution is 2.19. The number of nitrogens with one attached hydrogen (secondary N) is 1. The molecule has 0 saturated carbocycles. The molecule has 130 valence electrons. The van der Waals surface area contributed by atoms with Crippen molar-refractivity contribution in [3.05, 3.63) is 65.2 Å². The fourth-order valence-corrected chi connectivity index (χ4v) is 2.87. The summed E-state index contributed by atoms with van der Waals surface area (Å²) in [6.45, 7) is 2.90. The summed E-state index contributed by atoms with van der Waals surface area (Å²) in [7, 11) is 1.60. The van der Waals surface area contributed by atoms with Crippen molar-refractivity contribution in [1.82, 2.24) is 10.2 Å². The Labute approximate surface area is 147 Å². The number of ether oxygens (including phenoxy) is 1. The van der Waals surface area contributed by atoms with Gasteiger partial charge >= 0.3 is 0 Å². The van der Waals surface area contributed by atoms with E-state index >= 15 is 0 Å². The van der Waals surface area contributed by atoms with Crippen molar-refractivity contribution in [1.29, 1.82) is 0 Å². The fourth-order valence-electron chi connectivity index (χ4n) is 2.87. The number of amides is 2. The molecule has 3 rings (SSSR count). The van der Waals surface area contributed by atoms with Crippen LogP contribution < -0.4 is 10.1 Å². The lowest BCUT2D eigenvalue weighted by atomic mass is 10.1. The van der Waals surface area contributed by atoms with Crippen molar-refractivity contribution in [2.24, 2.45) is 0 Å². The zero-order valence-electron chi connectivity index (χ0n) is 14.5. The molecule has 1 unspecified atom stereocenters. The van der Waals surface area contributed by atoms with Crippen LogP contribution in [0.25, 0.3) is 0 Å². The first-order valence-corrected chi connectivity index (χ1v) is 8.33. The van der Waals surface area contributed by atoms with Gasteiger partial charge in [0, 0.05) is 6.54 Å². The Balaban J connectivity index is 1.60. The molecular formula is C20H22N2O3. The first-order valence-electron chi connectivity index (χ1n) is 8.33. The van der Waals surface area contributed by atoms with Gasteiger partial charge in [0.25, 0.3) is 0 Å². The second kappa shape index (κ2) is 7.49. The van der Waals surface area contributed by atoms with E-state index in [0.29, 0.717) is 13.1 Å². The summed E-state index contributed by atoms with van der Waals surface area (Å²) in [6, 6.07) is 15.1. The van der Waals surface area contributed by atoms with Crippen LogP contribution in [0.1, 0.15) is 23.1 Å². The quantitative estimate of drug-likeness (QED) is 0.822. The van der Waals surface area contributed by atoms with Crippen LogP contribution in [0.2, 0.25) is 0 Å². The van der Waals surface area contributed by atoms with E-state index < -0.39 is 6.04 Å². The Morgan fingerprint density at radius 3 is 2.32 bits per heavy atom. The maximum atomic E-state index is 12.5.